The molecule has 4 rings (SSSR count). The van der Waals surface area contributed by atoms with Crippen LogP contribution in [0.2, 0.25) is 0 Å². The molecular weight excluding hydrogens is 314 g/mol. The third-order valence-corrected chi connectivity index (χ3v) is 4.48. The van der Waals surface area contributed by atoms with Gasteiger partial charge in [0, 0.05) is 5.92 Å². The Hall–Kier alpha value is -2.48. The molecule has 1 saturated carbocycles. The predicted molar refractivity (Wildman–Crippen MR) is 86.2 cm³/mol. The Morgan fingerprint density at radius 2 is 2.22 bits per heavy atom. The van der Waals surface area contributed by atoms with E-state index in [1.165, 1.54) is 11.3 Å². The maximum Gasteiger partial charge on any atom is 0.286 e. The molecule has 0 aliphatic heterocycles. The normalized spacial score (nSPS) is 14.1. The fourth-order valence-corrected chi connectivity index (χ4v) is 3.09. The molecule has 1 aromatic carbocycles. The van der Waals surface area contributed by atoms with Gasteiger partial charge in [-0.1, -0.05) is 23.5 Å². The molecule has 3 aromatic rings. The van der Waals surface area contributed by atoms with Gasteiger partial charge in [0.05, 0.1) is 12.3 Å². The summed E-state index contributed by atoms with van der Waals surface area (Å²) in [6, 6.07) is 7.34. The number of nitrogens with zero attached hydrogens (tertiary/aromatic N) is 4. The second-order valence-electron chi connectivity index (χ2n) is 5.32. The maximum absolute atomic E-state index is 12.5. The zero-order valence-corrected chi connectivity index (χ0v) is 13.3. The van der Waals surface area contributed by atoms with E-state index >= 15 is 0 Å². The second-order valence-corrected chi connectivity index (χ2v) is 6.27. The number of hydrogen-bond acceptors (Lipinski definition) is 6. The van der Waals surface area contributed by atoms with Crippen molar-refractivity contribution in [2.75, 3.05) is 11.9 Å². The number of fused-ring (bicyclic) bond motifs is 1. The summed E-state index contributed by atoms with van der Waals surface area (Å²) >= 11 is 1.24. The monoisotopic (exact) mass is 329 g/mol. The third-order valence-electron chi connectivity index (χ3n) is 3.59. The van der Waals surface area contributed by atoms with Crippen LogP contribution in [0.5, 0.6) is 5.75 Å². The Kier molecular flexibility index (Phi) is 3.45. The number of hydrogen-bond donors (Lipinski definition) is 1. The van der Waals surface area contributed by atoms with E-state index < -0.39 is 0 Å². The number of nitrogens with one attached hydrogen (secondary N) is 1. The molecule has 0 bridgehead atoms. The fourth-order valence-electron chi connectivity index (χ4n) is 2.35. The van der Waals surface area contributed by atoms with Gasteiger partial charge in [0.25, 0.3) is 5.91 Å². The molecule has 1 amide bonds. The number of carbonyl (C=O) groups excluding carboxylic acids is 1. The molecule has 0 unspecified atom stereocenters. The summed E-state index contributed by atoms with van der Waals surface area (Å²) in [5.41, 5.74) is 0.632. The van der Waals surface area contributed by atoms with Crippen LogP contribution in [0.4, 0.5) is 5.69 Å². The van der Waals surface area contributed by atoms with E-state index in [0.717, 1.165) is 18.7 Å². The van der Waals surface area contributed by atoms with Crippen molar-refractivity contribution in [3.63, 3.8) is 0 Å². The summed E-state index contributed by atoms with van der Waals surface area (Å²) in [7, 11) is 0. The first-order valence-corrected chi connectivity index (χ1v) is 8.33. The van der Waals surface area contributed by atoms with Crippen LogP contribution in [0.25, 0.3) is 4.96 Å². The lowest BCUT2D eigenvalue weighted by molar-refractivity contribution is 0.102. The Morgan fingerprint density at radius 1 is 1.39 bits per heavy atom. The van der Waals surface area contributed by atoms with E-state index in [4.69, 9.17) is 4.74 Å². The largest absolute Gasteiger partial charge is 0.492 e. The zero-order valence-electron chi connectivity index (χ0n) is 12.5. The van der Waals surface area contributed by atoms with Crippen molar-refractivity contribution in [1.82, 2.24) is 19.8 Å². The van der Waals surface area contributed by atoms with Gasteiger partial charge in [-0.2, -0.15) is 4.52 Å². The van der Waals surface area contributed by atoms with E-state index in [0.29, 0.717) is 33.9 Å². The van der Waals surface area contributed by atoms with Crippen LogP contribution in [0.3, 0.4) is 0 Å². The second kappa shape index (κ2) is 5.62. The van der Waals surface area contributed by atoms with Crippen LogP contribution < -0.4 is 10.1 Å². The van der Waals surface area contributed by atoms with E-state index in [2.05, 4.69) is 20.6 Å². The van der Waals surface area contributed by atoms with Gasteiger partial charge < -0.3 is 10.1 Å². The minimum atomic E-state index is -0.269. The molecule has 1 fully saturated rings. The Morgan fingerprint density at radius 3 is 3.00 bits per heavy atom. The Labute approximate surface area is 136 Å². The Bertz CT molecular complexity index is 868. The van der Waals surface area contributed by atoms with Crippen molar-refractivity contribution in [3.8, 4) is 5.75 Å². The van der Waals surface area contributed by atoms with Crippen LogP contribution in [0, 0.1) is 0 Å². The van der Waals surface area contributed by atoms with Gasteiger partial charge >= 0.3 is 0 Å². The smallest absolute Gasteiger partial charge is 0.286 e. The number of anilines is 1. The summed E-state index contributed by atoms with van der Waals surface area (Å²) in [5.74, 6) is 1.66. The Balaban J connectivity index is 1.59. The lowest BCUT2D eigenvalue weighted by atomic mass is 10.3. The number of para-hydroxylation sites is 2. The quantitative estimate of drug-likeness (QED) is 0.778. The van der Waals surface area contributed by atoms with Crippen LogP contribution in [-0.2, 0) is 0 Å². The highest BCUT2D eigenvalue weighted by Gasteiger charge is 2.30. The molecule has 0 spiro atoms. The van der Waals surface area contributed by atoms with E-state index in [-0.39, 0.29) is 5.91 Å². The summed E-state index contributed by atoms with van der Waals surface area (Å²) < 4.78 is 7.20. The minimum absolute atomic E-state index is 0.269. The van der Waals surface area contributed by atoms with Crippen molar-refractivity contribution in [2.24, 2.45) is 0 Å². The lowest BCUT2D eigenvalue weighted by Gasteiger charge is -2.09. The first-order chi connectivity index (χ1) is 11.3. The summed E-state index contributed by atoms with van der Waals surface area (Å²) in [6.45, 7) is 2.44. The first kappa shape index (κ1) is 14.1. The molecular formula is C15H15N5O2S. The zero-order chi connectivity index (χ0) is 15.8. The average Bonchev–Trinajstić information content (AvgIpc) is 3.17. The van der Waals surface area contributed by atoms with E-state index in [1.807, 2.05) is 25.1 Å². The predicted octanol–water partition coefficient (Wildman–Crippen LogP) is 2.71. The van der Waals surface area contributed by atoms with Gasteiger partial charge in [0.2, 0.25) is 9.97 Å². The molecule has 1 aliphatic carbocycles. The number of amides is 1. The topological polar surface area (TPSA) is 81.4 Å². The van der Waals surface area contributed by atoms with Gasteiger partial charge in [0.15, 0.2) is 5.82 Å². The van der Waals surface area contributed by atoms with Gasteiger partial charge in [-0.05, 0) is 31.9 Å². The van der Waals surface area contributed by atoms with Crippen LogP contribution in [0.1, 0.15) is 41.3 Å². The van der Waals surface area contributed by atoms with Crippen molar-refractivity contribution >= 4 is 27.9 Å². The van der Waals surface area contributed by atoms with Crippen LogP contribution >= 0.6 is 11.3 Å². The van der Waals surface area contributed by atoms with Gasteiger partial charge in [-0.15, -0.1) is 15.3 Å². The highest BCUT2D eigenvalue weighted by atomic mass is 32.1. The number of carbonyl (C=O) groups is 1. The molecule has 0 atom stereocenters. The molecule has 1 aliphatic rings. The first-order valence-electron chi connectivity index (χ1n) is 7.51. The molecule has 8 heteroatoms. The van der Waals surface area contributed by atoms with E-state index in [9.17, 15) is 4.79 Å². The maximum atomic E-state index is 12.5. The highest BCUT2D eigenvalue weighted by Crippen LogP contribution is 2.39. The summed E-state index contributed by atoms with van der Waals surface area (Å²) in [4.78, 5) is 13.1. The van der Waals surface area contributed by atoms with Crippen molar-refractivity contribution in [1.29, 1.82) is 0 Å². The van der Waals surface area contributed by atoms with Crippen molar-refractivity contribution in [3.05, 3.63) is 35.1 Å². The molecule has 7 nitrogen and oxygen atoms in total. The highest BCUT2D eigenvalue weighted by molar-refractivity contribution is 7.18. The standard InChI is InChI=1S/C15H15N5O2S/c1-2-22-11-6-4-3-5-10(11)16-13(21)14-19-20-12(9-7-8-9)17-18-15(20)23-14/h3-6,9H,2,7-8H2,1H3,(H,16,21). The molecule has 0 radical (unpaired) electrons. The number of benzene rings is 1. The molecule has 2 heterocycles. The number of rotatable bonds is 5. The SMILES string of the molecule is CCOc1ccccc1NC(=O)c1nn2c(C3CC3)nnc2s1. The van der Waals surface area contributed by atoms with Crippen LogP contribution in [0.15, 0.2) is 24.3 Å². The summed E-state index contributed by atoms with van der Waals surface area (Å²) in [5, 5.41) is 15.8. The van der Waals surface area contributed by atoms with Crippen molar-refractivity contribution in [2.45, 2.75) is 25.7 Å². The fraction of sp³-hybridized carbons (Fsp3) is 0.333. The average molecular weight is 329 g/mol. The molecule has 0 saturated heterocycles. The lowest BCUT2D eigenvalue weighted by Crippen LogP contribution is -2.13. The third kappa shape index (κ3) is 2.65. The molecule has 23 heavy (non-hydrogen) atoms. The minimum Gasteiger partial charge on any atom is -0.492 e. The van der Waals surface area contributed by atoms with Gasteiger partial charge in [-0.3, -0.25) is 4.79 Å². The van der Waals surface area contributed by atoms with Crippen molar-refractivity contribution < 1.29 is 9.53 Å². The molecule has 1 N–H and O–H groups in total. The van der Waals surface area contributed by atoms with Crippen LogP contribution in [-0.4, -0.2) is 32.3 Å². The number of ether oxygens (including phenoxy) is 1. The van der Waals surface area contributed by atoms with E-state index in [1.54, 1.807) is 10.6 Å². The van der Waals surface area contributed by atoms with Gasteiger partial charge in [-0.25, -0.2) is 0 Å². The number of aromatic nitrogens is 4. The molecule has 118 valence electrons. The van der Waals surface area contributed by atoms with Gasteiger partial charge in [0.1, 0.15) is 5.75 Å². The molecule has 2 aromatic heterocycles. The summed E-state index contributed by atoms with van der Waals surface area (Å²) in [6.07, 6.45) is 2.23.